The highest BCUT2D eigenvalue weighted by Crippen LogP contribution is 2.24. The highest BCUT2D eigenvalue weighted by Gasteiger charge is 2.27. The first-order valence-electron chi connectivity index (χ1n) is 7.31. The predicted octanol–water partition coefficient (Wildman–Crippen LogP) is 2.38. The van der Waals surface area contributed by atoms with Gasteiger partial charge in [-0.3, -0.25) is 0 Å². The van der Waals surface area contributed by atoms with Crippen LogP contribution in [0.5, 0.6) is 0 Å². The Bertz CT molecular complexity index is 445. The fraction of sp³-hybridized carbons (Fsp3) is 0.562. The lowest BCUT2D eigenvalue weighted by Crippen LogP contribution is -2.47. The van der Waals surface area contributed by atoms with Gasteiger partial charge in [0.1, 0.15) is 5.60 Å². The zero-order valence-corrected chi connectivity index (χ0v) is 12.2. The van der Waals surface area contributed by atoms with E-state index in [0.717, 1.165) is 12.0 Å². The molecule has 1 fully saturated rings. The van der Waals surface area contributed by atoms with Gasteiger partial charge in [0.05, 0.1) is 6.54 Å². The van der Waals surface area contributed by atoms with Crippen LogP contribution in [-0.4, -0.2) is 23.7 Å². The third kappa shape index (κ3) is 3.73. The Hall–Kier alpha value is -1.55. The molecule has 0 bridgehead atoms. The van der Waals surface area contributed by atoms with E-state index in [1.807, 2.05) is 30.3 Å². The summed E-state index contributed by atoms with van der Waals surface area (Å²) in [6.07, 6.45) is 3.39. The standard InChI is InChI=1S/C16H24N2O2/c1-12-7-6-10-14(12)18-15(19)17-11-16(2,20)13-8-4-3-5-9-13/h3-5,8-9,12,14,20H,6-7,10-11H2,1-2H3,(H2,17,18,19)/t12-,14+,16+/m1/s1. The summed E-state index contributed by atoms with van der Waals surface area (Å²) >= 11 is 0. The second-order valence-electron chi connectivity index (χ2n) is 5.98. The van der Waals surface area contributed by atoms with Crippen molar-refractivity contribution in [3.8, 4) is 0 Å². The fourth-order valence-electron chi connectivity index (χ4n) is 2.73. The molecule has 4 nitrogen and oxygen atoms in total. The minimum atomic E-state index is -1.06. The van der Waals surface area contributed by atoms with E-state index in [2.05, 4.69) is 17.6 Å². The molecule has 3 atom stereocenters. The Balaban J connectivity index is 1.83. The normalized spacial score (nSPS) is 24.9. The van der Waals surface area contributed by atoms with Crippen LogP contribution in [0.25, 0.3) is 0 Å². The Kier molecular flexibility index (Phi) is 4.65. The van der Waals surface area contributed by atoms with Gasteiger partial charge in [0, 0.05) is 6.04 Å². The Morgan fingerprint density at radius 1 is 1.35 bits per heavy atom. The molecule has 0 unspecified atom stereocenters. The lowest BCUT2D eigenvalue weighted by atomic mass is 9.96. The number of rotatable bonds is 4. The molecule has 0 aromatic heterocycles. The molecule has 1 aliphatic carbocycles. The van der Waals surface area contributed by atoms with E-state index in [9.17, 15) is 9.90 Å². The van der Waals surface area contributed by atoms with Crippen LogP contribution < -0.4 is 10.6 Å². The second-order valence-corrected chi connectivity index (χ2v) is 5.98. The van der Waals surface area contributed by atoms with Crippen molar-refractivity contribution in [3.05, 3.63) is 35.9 Å². The van der Waals surface area contributed by atoms with Crippen molar-refractivity contribution < 1.29 is 9.90 Å². The number of aliphatic hydroxyl groups is 1. The van der Waals surface area contributed by atoms with Gasteiger partial charge in [-0.25, -0.2) is 4.79 Å². The molecule has 0 radical (unpaired) electrons. The Morgan fingerprint density at radius 3 is 2.65 bits per heavy atom. The first kappa shape index (κ1) is 14.9. The maximum atomic E-state index is 11.9. The summed E-state index contributed by atoms with van der Waals surface area (Å²) in [6, 6.07) is 9.45. The minimum Gasteiger partial charge on any atom is -0.384 e. The molecule has 1 saturated carbocycles. The van der Waals surface area contributed by atoms with Crippen molar-refractivity contribution in [1.82, 2.24) is 10.6 Å². The van der Waals surface area contributed by atoms with Crippen molar-refractivity contribution in [3.63, 3.8) is 0 Å². The lowest BCUT2D eigenvalue weighted by molar-refractivity contribution is 0.0592. The maximum Gasteiger partial charge on any atom is 0.315 e. The lowest BCUT2D eigenvalue weighted by Gasteiger charge is -2.25. The molecule has 2 rings (SSSR count). The molecule has 0 heterocycles. The van der Waals surface area contributed by atoms with Crippen LogP contribution >= 0.6 is 0 Å². The summed E-state index contributed by atoms with van der Waals surface area (Å²) in [5.74, 6) is 0.537. The van der Waals surface area contributed by atoms with Crippen LogP contribution in [0.4, 0.5) is 4.79 Å². The highest BCUT2D eigenvalue weighted by atomic mass is 16.3. The molecule has 2 amide bonds. The summed E-state index contributed by atoms with van der Waals surface area (Å²) in [5, 5.41) is 16.2. The van der Waals surface area contributed by atoms with Crippen LogP contribution in [0.15, 0.2) is 30.3 Å². The third-order valence-corrected chi connectivity index (χ3v) is 4.17. The minimum absolute atomic E-state index is 0.194. The van der Waals surface area contributed by atoms with Crippen LogP contribution in [0.2, 0.25) is 0 Å². The van der Waals surface area contributed by atoms with Crippen LogP contribution in [0.3, 0.4) is 0 Å². The molecule has 20 heavy (non-hydrogen) atoms. The van der Waals surface area contributed by atoms with Crippen LogP contribution in [0, 0.1) is 5.92 Å². The summed E-state index contributed by atoms with van der Waals surface area (Å²) < 4.78 is 0. The van der Waals surface area contributed by atoms with E-state index >= 15 is 0 Å². The molecule has 1 aromatic rings. The van der Waals surface area contributed by atoms with E-state index < -0.39 is 5.60 Å². The quantitative estimate of drug-likeness (QED) is 0.790. The van der Waals surface area contributed by atoms with Crippen molar-refractivity contribution in [1.29, 1.82) is 0 Å². The molecule has 110 valence electrons. The number of carbonyl (C=O) groups excluding carboxylic acids is 1. The molecule has 1 aromatic carbocycles. The SMILES string of the molecule is C[C@@H]1CCC[C@@H]1NC(=O)NC[C@](C)(O)c1ccccc1. The van der Waals surface area contributed by atoms with Gasteiger partial charge in [0.25, 0.3) is 0 Å². The zero-order chi connectivity index (χ0) is 14.6. The largest absolute Gasteiger partial charge is 0.384 e. The van der Waals surface area contributed by atoms with Crippen LogP contribution in [0.1, 0.15) is 38.7 Å². The van der Waals surface area contributed by atoms with Gasteiger partial charge >= 0.3 is 6.03 Å². The number of nitrogens with one attached hydrogen (secondary N) is 2. The number of hydrogen-bond acceptors (Lipinski definition) is 2. The molecule has 4 heteroatoms. The summed E-state index contributed by atoms with van der Waals surface area (Å²) in [4.78, 5) is 11.9. The predicted molar refractivity (Wildman–Crippen MR) is 79.4 cm³/mol. The van der Waals surface area contributed by atoms with Crippen molar-refractivity contribution in [2.75, 3.05) is 6.54 Å². The average molecular weight is 276 g/mol. The molecule has 1 aliphatic rings. The molecular weight excluding hydrogens is 252 g/mol. The molecule has 0 aliphatic heterocycles. The third-order valence-electron chi connectivity index (χ3n) is 4.17. The number of carbonyl (C=O) groups is 1. The van der Waals surface area contributed by atoms with E-state index in [-0.39, 0.29) is 18.6 Å². The van der Waals surface area contributed by atoms with E-state index in [4.69, 9.17) is 0 Å². The maximum absolute atomic E-state index is 11.9. The second kappa shape index (κ2) is 6.27. The van der Waals surface area contributed by atoms with E-state index in [0.29, 0.717) is 5.92 Å². The van der Waals surface area contributed by atoms with Gasteiger partial charge in [-0.05, 0) is 31.2 Å². The summed E-state index contributed by atoms with van der Waals surface area (Å²) in [7, 11) is 0. The fourth-order valence-corrected chi connectivity index (χ4v) is 2.73. The van der Waals surface area contributed by atoms with Gasteiger partial charge < -0.3 is 15.7 Å². The summed E-state index contributed by atoms with van der Waals surface area (Å²) in [6.45, 7) is 4.07. The highest BCUT2D eigenvalue weighted by molar-refractivity contribution is 5.74. The van der Waals surface area contributed by atoms with Crippen molar-refractivity contribution >= 4 is 6.03 Å². The van der Waals surface area contributed by atoms with Gasteiger partial charge in [0.2, 0.25) is 0 Å². The topological polar surface area (TPSA) is 61.4 Å². The zero-order valence-electron chi connectivity index (χ0n) is 12.2. The van der Waals surface area contributed by atoms with Crippen molar-refractivity contribution in [2.45, 2.75) is 44.8 Å². The Morgan fingerprint density at radius 2 is 2.05 bits per heavy atom. The number of benzene rings is 1. The molecular formula is C16H24N2O2. The Labute approximate surface area is 120 Å². The van der Waals surface area contributed by atoms with Crippen molar-refractivity contribution in [2.24, 2.45) is 5.92 Å². The first-order valence-corrected chi connectivity index (χ1v) is 7.31. The van der Waals surface area contributed by atoms with Gasteiger partial charge in [-0.15, -0.1) is 0 Å². The molecule has 3 N–H and O–H groups in total. The molecule has 0 spiro atoms. The van der Waals surface area contributed by atoms with E-state index in [1.165, 1.54) is 12.8 Å². The summed E-state index contributed by atoms with van der Waals surface area (Å²) in [5.41, 5.74) is -0.255. The first-order chi connectivity index (χ1) is 9.49. The number of hydrogen-bond donors (Lipinski definition) is 3. The van der Waals surface area contributed by atoms with Gasteiger partial charge in [-0.2, -0.15) is 0 Å². The average Bonchev–Trinajstić information content (AvgIpc) is 2.83. The van der Waals surface area contributed by atoms with Gasteiger partial charge in [-0.1, -0.05) is 43.7 Å². The smallest absolute Gasteiger partial charge is 0.315 e. The van der Waals surface area contributed by atoms with Gasteiger partial charge in [0.15, 0.2) is 0 Å². The van der Waals surface area contributed by atoms with E-state index in [1.54, 1.807) is 6.92 Å². The molecule has 0 saturated heterocycles. The monoisotopic (exact) mass is 276 g/mol. The number of urea groups is 1. The number of amides is 2. The van der Waals surface area contributed by atoms with Crippen LogP contribution in [-0.2, 0) is 5.60 Å².